The molecule has 0 amide bonds. The highest BCUT2D eigenvalue weighted by Crippen LogP contribution is 2.46. The number of ketones is 1. The summed E-state index contributed by atoms with van der Waals surface area (Å²) in [5, 5.41) is 0.346. The van der Waals surface area contributed by atoms with Gasteiger partial charge in [-0.25, -0.2) is 4.98 Å². The van der Waals surface area contributed by atoms with Crippen LogP contribution in [0.1, 0.15) is 19.4 Å². The van der Waals surface area contributed by atoms with E-state index in [1.807, 2.05) is 19.2 Å². The number of likely N-dealkylation sites (N-methyl/N-ethyl adjacent to an activating group) is 1. The van der Waals surface area contributed by atoms with Gasteiger partial charge in [0, 0.05) is 36.0 Å². The van der Waals surface area contributed by atoms with E-state index in [0.717, 1.165) is 11.4 Å². The number of thioether (sulfide) groups is 1. The summed E-state index contributed by atoms with van der Waals surface area (Å²) < 4.78 is 0. The molecule has 6 nitrogen and oxygen atoms in total. The third kappa shape index (κ3) is 3.32. The molecule has 25 heavy (non-hydrogen) atoms. The van der Waals surface area contributed by atoms with E-state index in [4.69, 9.17) is 5.73 Å². The first-order chi connectivity index (χ1) is 11.8. The minimum atomic E-state index is -0.326. The summed E-state index contributed by atoms with van der Waals surface area (Å²) in [7, 11) is 1.97. The highest BCUT2D eigenvalue weighted by molar-refractivity contribution is 7.99. The summed E-state index contributed by atoms with van der Waals surface area (Å²) in [6, 6.07) is 9.36. The van der Waals surface area contributed by atoms with Crippen molar-refractivity contribution in [1.82, 2.24) is 9.97 Å². The van der Waals surface area contributed by atoms with Crippen molar-refractivity contribution in [3.63, 3.8) is 0 Å². The number of nitrogens with two attached hydrogens (primary N) is 1. The van der Waals surface area contributed by atoms with Crippen molar-refractivity contribution < 1.29 is 4.79 Å². The first-order valence-corrected chi connectivity index (χ1v) is 8.85. The number of nitrogens with one attached hydrogen (secondary N) is 1. The highest BCUT2D eigenvalue weighted by Gasteiger charge is 2.38. The van der Waals surface area contributed by atoms with Gasteiger partial charge in [-0.1, -0.05) is 43.8 Å². The van der Waals surface area contributed by atoms with Crippen LogP contribution in [0.5, 0.6) is 0 Å². The Morgan fingerprint density at radius 2 is 2.12 bits per heavy atom. The summed E-state index contributed by atoms with van der Waals surface area (Å²) in [6.45, 7) is 4.22. The number of nitrogens with zero attached hydrogens (tertiary/aromatic N) is 2. The molecule has 0 atom stereocenters. The van der Waals surface area contributed by atoms with Gasteiger partial charge in [-0.15, -0.1) is 0 Å². The van der Waals surface area contributed by atoms with E-state index < -0.39 is 0 Å². The maximum Gasteiger partial charge on any atom is 0.253 e. The molecule has 1 aliphatic rings. The minimum absolute atomic E-state index is 0.0437. The fraction of sp³-hybridized carbons (Fsp3) is 0.278. The van der Waals surface area contributed by atoms with Gasteiger partial charge >= 0.3 is 0 Å². The molecule has 0 radical (unpaired) electrons. The molecule has 2 heterocycles. The van der Waals surface area contributed by atoms with Gasteiger partial charge in [-0.3, -0.25) is 9.59 Å². The lowest BCUT2D eigenvalue weighted by molar-refractivity contribution is -0.112. The van der Waals surface area contributed by atoms with E-state index in [2.05, 4.69) is 40.8 Å². The van der Waals surface area contributed by atoms with Gasteiger partial charge in [0.1, 0.15) is 5.82 Å². The Morgan fingerprint density at radius 3 is 2.80 bits per heavy atom. The lowest BCUT2D eigenvalue weighted by Crippen LogP contribution is -2.24. The number of hydrogen-bond donors (Lipinski definition) is 2. The summed E-state index contributed by atoms with van der Waals surface area (Å²) in [5.41, 5.74) is 8.25. The predicted molar refractivity (Wildman–Crippen MR) is 101 cm³/mol. The second-order valence-electron chi connectivity index (χ2n) is 6.46. The summed E-state index contributed by atoms with van der Waals surface area (Å²) >= 11 is 1.17. The number of carbonyl (C=O) groups excluding carboxylic acids is 1. The molecule has 0 unspecified atom stereocenters. The van der Waals surface area contributed by atoms with Crippen molar-refractivity contribution in [2.45, 2.75) is 24.4 Å². The number of carbonyl (C=O) groups is 1. The van der Waals surface area contributed by atoms with Crippen LogP contribution >= 0.6 is 11.8 Å². The van der Waals surface area contributed by atoms with Crippen molar-refractivity contribution in [1.29, 1.82) is 0 Å². The molecule has 0 saturated heterocycles. The average Bonchev–Trinajstić information content (AvgIpc) is 2.74. The van der Waals surface area contributed by atoms with Crippen molar-refractivity contribution in [3.8, 4) is 0 Å². The van der Waals surface area contributed by atoms with Crippen LogP contribution in [0.4, 0.5) is 11.5 Å². The Labute approximate surface area is 150 Å². The van der Waals surface area contributed by atoms with Crippen LogP contribution < -0.4 is 16.2 Å². The van der Waals surface area contributed by atoms with E-state index in [0.29, 0.717) is 5.16 Å². The van der Waals surface area contributed by atoms with Crippen LogP contribution in [0.3, 0.4) is 0 Å². The molecule has 0 bridgehead atoms. The minimum Gasteiger partial charge on any atom is -0.383 e. The fourth-order valence-corrected chi connectivity index (χ4v) is 3.82. The quantitative estimate of drug-likeness (QED) is 0.496. The average molecular weight is 356 g/mol. The number of fused-ring (bicyclic) bond motifs is 1. The van der Waals surface area contributed by atoms with E-state index in [-0.39, 0.29) is 28.3 Å². The Bertz CT molecular complexity index is 917. The summed E-state index contributed by atoms with van der Waals surface area (Å²) in [6.07, 6.45) is 1.68. The Balaban J connectivity index is 1.79. The predicted octanol–water partition coefficient (Wildman–Crippen LogP) is 2.32. The zero-order chi connectivity index (χ0) is 18.2. The molecule has 0 saturated carbocycles. The van der Waals surface area contributed by atoms with Crippen LogP contribution in [0.25, 0.3) is 0 Å². The molecule has 1 aromatic heterocycles. The lowest BCUT2D eigenvalue weighted by Gasteiger charge is -2.23. The Morgan fingerprint density at radius 1 is 1.40 bits per heavy atom. The standard InChI is InChI=1S/C18H20N4O2S/c1-18(2)12-6-4-5-7-13(12)22(3)14(18)8-11(23)10-25-17-20-15(19)9-16(24)21-17/h4-9H,10H2,1-3H3,(H3,19,20,21,24)/b14-8-. The SMILES string of the molecule is CN1/C(=C\C(=O)CSc2nc(N)cc(=O)[nH]2)C(C)(C)c2ccccc21. The molecule has 0 fully saturated rings. The van der Waals surface area contributed by atoms with E-state index >= 15 is 0 Å². The number of rotatable bonds is 4. The fourth-order valence-electron chi connectivity index (χ4n) is 3.11. The van der Waals surface area contributed by atoms with Crippen molar-refractivity contribution >= 4 is 29.1 Å². The zero-order valence-electron chi connectivity index (χ0n) is 14.4. The molecule has 1 aliphatic heterocycles. The van der Waals surface area contributed by atoms with Crippen LogP contribution in [0.2, 0.25) is 0 Å². The highest BCUT2D eigenvalue weighted by atomic mass is 32.2. The number of aromatic amines is 1. The molecule has 0 aliphatic carbocycles. The number of benzene rings is 1. The van der Waals surface area contributed by atoms with Gasteiger partial charge in [-0.05, 0) is 11.6 Å². The van der Waals surface area contributed by atoms with Gasteiger partial charge in [-0.2, -0.15) is 0 Å². The van der Waals surface area contributed by atoms with E-state index in [9.17, 15) is 9.59 Å². The number of anilines is 2. The summed E-state index contributed by atoms with van der Waals surface area (Å²) in [4.78, 5) is 32.5. The molecule has 7 heteroatoms. The van der Waals surface area contributed by atoms with Crippen LogP contribution in [-0.4, -0.2) is 28.6 Å². The zero-order valence-corrected chi connectivity index (χ0v) is 15.2. The molecule has 0 spiro atoms. The van der Waals surface area contributed by atoms with Crippen LogP contribution in [-0.2, 0) is 10.2 Å². The number of para-hydroxylation sites is 1. The third-order valence-electron chi connectivity index (χ3n) is 4.33. The van der Waals surface area contributed by atoms with Gasteiger partial charge in [0.15, 0.2) is 10.9 Å². The Kier molecular flexibility index (Phi) is 4.43. The molecule has 1 aromatic carbocycles. The normalized spacial score (nSPS) is 16.9. The van der Waals surface area contributed by atoms with Gasteiger partial charge in [0.2, 0.25) is 0 Å². The molecule has 130 valence electrons. The largest absolute Gasteiger partial charge is 0.383 e. The summed E-state index contributed by atoms with van der Waals surface area (Å²) in [5.74, 6) is 0.276. The number of nitrogen functional groups attached to an aromatic ring is 1. The number of allylic oxidation sites excluding steroid dienone is 2. The van der Waals surface area contributed by atoms with Crippen LogP contribution in [0.15, 0.2) is 52.1 Å². The molecule has 3 N–H and O–H groups in total. The maximum absolute atomic E-state index is 12.5. The second kappa shape index (κ2) is 6.40. The maximum atomic E-state index is 12.5. The molecule has 3 rings (SSSR count). The molecule has 2 aromatic rings. The smallest absolute Gasteiger partial charge is 0.253 e. The Hall–Kier alpha value is -2.54. The van der Waals surface area contributed by atoms with E-state index in [1.165, 1.54) is 23.4 Å². The van der Waals surface area contributed by atoms with Gasteiger partial charge < -0.3 is 15.6 Å². The number of hydrogen-bond acceptors (Lipinski definition) is 6. The first-order valence-electron chi connectivity index (χ1n) is 7.87. The van der Waals surface area contributed by atoms with Gasteiger partial charge in [0.25, 0.3) is 5.56 Å². The molecular formula is C18H20N4O2S. The van der Waals surface area contributed by atoms with Crippen molar-refractivity contribution in [2.75, 3.05) is 23.4 Å². The lowest BCUT2D eigenvalue weighted by atomic mass is 9.83. The molecular weight excluding hydrogens is 336 g/mol. The monoisotopic (exact) mass is 356 g/mol. The van der Waals surface area contributed by atoms with Crippen molar-refractivity contribution in [3.05, 3.63) is 58.0 Å². The second-order valence-corrected chi connectivity index (χ2v) is 7.43. The van der Waals surface area contributed by atoms with Crippen molar-refractivity contribution in [2.24, 2.45) is 0 Å². The third-order valence-corrected chi connectivity index (χ3v) is 5.22. The van der Waals surface area contributed by atoms with Gasteiger partial charge in [0.05, 0.1) is 5.75 Å². The number of aromatic nitrogens is 2. The first kappa shape index (κ1) is 17.3. The topological polar surface area (TPSA) is 92.1 Å². The number of H-pyrrole nitrogens is 1. The van der Waals surface area contributed by atoms with Crippen LogP contribution in [0, 0.1) is 0 Å². The van der Waals surface area contributed by atoms with E-state index in [1.54, 1.807) is 6.08 Å².